The van der Waals surface area contributed by atoms with E-state index in [1.807, 2.05) is 24.3 Å². The van der Waals surface area contributed by atoms with Crippen molar-refractivity contribution in [2.75, 3.05) is 31.2 Å². The number of nitrogens with two attached hydrogens (primary N) is 1. The molecule has 1 saturated heterocycles. The van der Waals surface area contributed by atoms with Crippen LogP contribution in [0.4, 0.5) is 11.5 Å². The lowest BCUT2D eigenvalue weighted by Gasteiger charge is -2.29. The summed E-state index contributed by atoms with van der Waals surface area (Å²) in [6.45, 7) is 1.94. The van der Waals surface area contributed by atoms with Gasteiger partial charge in [0.25, 0.3) is 11.8 Å². The second-order valence-corrected chi connectivity index (χ2v) is 7.94. The van der Waals surface area contributed by atoms with Crippen LogP contribution in [-0.4, -0.2) is 52.9 Å². The number of aromatic nitrogens is 2. The molecule has 1 aliphatic heterocycles. The molecule has 1 aliphatic rings. The van der Waals surface area contributed by atoms with Crippen LogP contribution in [0.3, 0.4) is 0 Å². The molecule has 172 valence electrons. The van der Waals surface area contributed by atoms with Crippen LogP contribution in [0.25, 0.3) is 11.3 Å². The first-order valence-corrected chi connectivity index (χ1v) is 10.6. The van der Waals surface area contributed by atoms with Gasteiger partial charge in [0.15, 0.2) is 11.5 Å². The SMILES string of the molecule is CN1CCC(NC(=O)c2cccc(-c3cnc(N)c(C(=O)Nc4ccccc4)n3)c2)CC1.[HH].[HH].[HH].[HH]. The average Bonchev–Trinajstić information content (AvgIpc) is 2.81. The molecule has 0 spiro atoms. The van der Waals surface area contributed by atoms with Crippen molar-refractivity contribution in [2.45, 2.75) is 18.9 Å². The lowest BCUT2D eigenvalue weighted by atomic mass is 10.0. The van der Waals surface area contributed by atoms with Crippen LogP contribution in [0.5, 0.6) is 0 Å². The summed E-state index contributed by atoms with van der Waals surface area (Å²) in [5, 5.41) is 5.88. The van der Waals surface area contributed by atoms with Gasteiger partial charge >= 0.3 is 0 Å². The van der Waals surface area contributed by atoms with E-state index >= 15 is 0 Å². The molecule has 8 heteroatoms. The van der Waals surface area contributed by atoms with Crippen LogP contribution >= 0.6 is 0 Å². The Bertz CT molecular complexity index is 1130. The summed E-state index contributed by atoms with van der Waals surface area (Å²) in [6.07, 6.45) is 3.37. The molecule has 0 radical (unpaired) electrons. The fourth-order valence-electron chi connectivity index (χ4n) is 3.66. The molecule has 8 nitrogen and oxygen atoms in total. The number of amides is 2. The first-order chi connectivity index (χ1) is 15.5. The van der Waals surface area contributed by atoms with Crippen LogP contribution in [0, 0.1) is 0 Å². The monoisotopic (exact) mass is 438 g/mol. The number of anilines is 2. The molecule has 2 aromatic carbocycles. The highest BCUT2D eigenvalue weighted by Crippen LogP contribution is 2.21. The molecular weight excluding hydrogens is 404 g/mol. The minimum absolute atomic E-state index is 0. The van der Waals surface area contributed by atoms with Gasteiger partial charge in [-0.25, -0.2) is 9.97 Å². The van der Waals surface area contributed by atoms with Crippen LogP contribution in [0.1, 0.15) is 39.4 Å². The average molecular weight is 439 g/mol. The highest BCUT2D eigenvalue weighted by molar-refractivity contribution is 6.06. The number of hydrogen-bond acceptors (Lipinski definition) is 6. The second kappa shape index (κ2) is 9.57. The van der Waals surface area contributed by atoms with Crippen molar-refractivity contribution in [3.8, 4) is 11.3 Å². The number of piperidine rings is 1. The minimum Gasteiger partial charge on any atom is -0.382 e. The Morgan fingerprint density at radius 1 is 1.06 bits per heavy atom. The minimum atomic E-state index is -0.445. The van der Waals surface area contributed by atoms with Crippen molar-refractivity contribution >= 4 is 23.3 Å². The Kier molecular flexibility index (Phi) is 6.42. The Morgan fingerprint density at radius 2 is 1.81 bits per heavy atom. The quantitative estimate of drug-likeness (QED) is 0.559. The second-order valence-electron chi connectivity index (χ2n) is 7.94. The van der Waals surface area contributed by atoms with E-state index < -0.39 is 5.91 Å². The van der Waals surface area contributed by atoms with Gasteiger partial charge in [0.05, 0.1) is 11.9 Å². The zero-order valence-corrected chi connectivity index (χ0v) is 17.9. The molecule has 1 aromatic heterocycles. The highest BCUT2D eigenvalue weighted by Gasteiger charge is 2.20. The zero-order chi connectivity index (χ0) is 22.5. The molecule has 2 heterocycles. The molecule has 2 amide bonds. The molecular formula is C24H34N6O2. The third-order valence-corrected chi connectivity index (χ3v) is 5.52. The predicted molar refractivity (Wildman–Crippen MR) is 133 cm³/mol. The maximum atomic E-state index is 12.8. The number of benzene rings is 2. The summed E-state index contributed by atoms with van der Waals surface area (Å²) in [5.74, 6) is -0.524. The summed E-state index contributed by atoms with van der Waals surface area (Å²) < 4.78 is 0. The molecule has 0 unspecified atom stereocenters. The number of para-hydroxylation sites is 1. The fraction of sp³-hybridized carbons (Fsp3) is 0.250. The van der Waals surface area contributed by atoms with E-state index in [2.05, 4.69) is 32.5 Å². The summed E-state index contributed by atoms with van der Waals surface area (Å²) in [6, 6.07) is 16.4. The van der Waals surface area contributed by atoms with Crippen LogP contribution < -0.4 is 16.4 Å². The van der Waals surface area contributed by atoms with Crippen molar-refractivity contribution in [3.63, 3.8) is 0 Å². The molecule has 0 bridgehead atoms. The van der Waals surface area contributed by atoms with E-state index in [9.17, 15) is 9.59 Å². The van der Waals surface area contributed by atoms with Gasteiger partial charge in [-0.1, -0.05) is 30.3 Å². The normalized spacial score (nSPS) is 14.7. The van der Waals surface area contributed by atoms with Crippen LogP contribution in [-0.2, 0) is 0 Å². The molecule has 3 aromatic rings. The Labute approximate surface area is 192 Å². The van der Waals surface area contributed by atoms with Gasteiger partial charge in [0, 0.05) is 28.6 Å². The van der Waals surface area contributed by atoms with Crippen LogP contribution in [0.15, 0.2) is 60.8 Å². The van der Waals surface area contributed by atoms with Gasteiger partial charge in [-0.2, -0.15) is 0 Å². The summed E-state index contributed by atoms with van der Waals surface area (Å²) in [4.78, 5) is 36.3. The number of likely N-dealkylation sites (tertiary alicyclic amines) is 1. The standard InChI is InChI=1S/C24H26N6O2.4H2/c1-30-12-10-19(11-13-30)27-23(31)17-7-5-6-16(14-17)20-15-26-22(25)21(29-20)24(32)28-18-8-3-2-4-9-18;;;;/h2-9,14-15,19H,10-13H2,1H3,(H2,25,26)(H,27,31)(H,28,32);4*1H. The fourth-order valence-corrected chi connectivity index (χ4v) is 3.66. The first kappa shape index (κ1) is 21.5. The Morgan fingerprint density at radius 3 is 2.56 bits per heavy atom. The van der Waals surface area contributed by atoms with Crippen molar-refractivity contribution < 1.29 is 15.3 Å². The predicted octanol–water partition coefficient (Wildman–Crippen LogP) is 3.79. The van der Waals surface area contributed by atoms with E-state index in [0.717, 1.165) is 25.9 Å². The number of nitrogens with one attached hydrogen (secondary N) is 2. The Balaban J connectivity index is 0.00000306. The van der Waals surface area contributed by atoms with Crippen molar-refractivity contribution in [1.82, 2.24) is 20.2 Å². The number of carbonyl (C=O) groups excluding carboxylic acids is 2. The first-order valence-electron chi connectivity index (χ1n) is 10.6. The number of rotatable bonds is 5. The van der Waals surface area contributed by atoms with Gasteiger partial charge in [-0.3, -0.25) is 9.59 Å². The maximum Gasteiger partial charge on any atom is 0.278 e. The topological polar surface area (TPSA) is 113 Å². The molecule has 4 rings (SSSR count). The van der Waals surface area contributed by atoms with E-state index in [0.29, 0.717) is 22.5 Å². The van der Waals surface area contributed by atoms with Crippen molar-refractivity contribution in [1.29, 1.82) is 0 Å². The van der Waals surface area contributed by atoms with Crippen molar-refractivity contribution in [3.05, 3.63) is 72.1 Å². The van der Waals surface area contributed by atoms with E-state index in [-0.39, 0.29) is 29.2 Å². The maximum absolute atomic E-state index is 12.8. The largest absolute Gasteiger partial charge is 0.382 e. The third kappa shape index (κ3) is 5.09. The van der Waals surface area contributed by atoms with Crippen LogP contribution in [0.2, 0.25) is 0 Å². The molecule has 0 atom stereocenters. The molecule has 32 heavy (non-hydrogen) atoms. The molecule has 0 saturated carbocycles. The van der Waals surface area contributed by atoms with E-state index in [1.165, 1.54) is 6.20 Å². The highest BCUT2D eigenvalue weighted by atomic mass is 16.2. The summed E-state index contributed by atoms with van der Waals surface area (Å²) in [5.41, 5.74) is 8.27. The van der Waals surface area contributed by atoms with Gasteiger partial charge in [0.2, 0.25) is 0 Å². The number of nitrogen functional groups attached to an aromatic ring is 1. The number of hydrogen-bond donors (Lipinski definition) is 3. The zero-order valence-electron chi connectivity index (χ0n) is 17.9. The Hall–Kier alpha value is -3.78. The molecule has 0 aliphatic carbocycles. The summed E-state index contributed by atoms with van der Waals surface area (Å²) in [7, 11) is 2.09. The lowest BCUT2D eigenvalue weighted by molar-refractivity contribution is 0.0916. The molecule has 1 fully saturated rings. The van der Waals surface area contributed by atoms with Gasteiger partial charge in [0.1, 0.15) is 0 Å². The lowest BCUT2D eigenvalue weighted by Crippen LogP contribution is -2.43. The third-order valence-electron chi connectivity index (χ3n) is 5.52. The van der Waals surface area contributed by atoms with Gasteiger partial charge in [-0.15, -0.1) is 0 Å². The smallest absolute Gasteiger partial charge is 0.278 e. The van der Waals surface area contributed by atoms with E-state index in [4.69, 9.17) is 5.73 Å². The summed E-state index contributed by atoms with van der Waals surface area (Å²) >= 11 is 0. The van der Waals surface area contributed by atoms with Gasteiger partial charge < -0.3 is 21.3 Å². The number of carbonyl (C=O) groups is 2. The number of nitrogens with zero attached hydrogens (tertiary/aromatic N) is 3. The van der Waals surface area contributed by atoms with E-state index in [1.54, 1.807) is 30.3 Å². The van der Waals surface area contributed by atoms with Crippen molar-refractivity contribution in [2.24, 2.45) is 0 Å². The van der Waals surface area contributed by atoms with Gasteiger partial charge in [-0.05, 0) is 57.2 Å². The molecule has 4 N–H and O–H groups in total.